The summed E-state index contributed by atoms with van der Waals surface area (Å²) < 4.78 is 33.3. The molecule has 3 N–H and O–H groups in total. The molecular formula is C23H29N6NaO9S2. The van der Waals surface area contributed by atoms with Gasteiger partial charge < -0.3 is 25.4 Å². The molecule has 7 amide bonds. The van der Waals surface area contributed by atoms with Crippen LogP contribution in [0.3, 0.4) is 0 Å². The van der Waals surface area contributed by atoms with Crippen LogP contribution in [0.25, 0.3) is 0 Å². The van der Waals surface area contributed by atoms with Crippen LogP contribution in [0.2, 0.25) is 0 Å². The summed E-state index contributed by atoms with van der Waals surface area (Å²) in [6.45, 7) is 1.56. The number of urea groups is 1. The minimum absolute atomic E-state index is 0. The summed E-state index contributed by atoms with van der Waals surface area (Å²) in [5.74, 6) is -4.16. The second kappa shape index (κ2) is 15.0. The third-order valence-corrected chi connectivity index (χ3v) is 7.83. The number of benzene rings is 1. The van der Waals surface area contributed by atoms with E-state index in [0.29, 0.717) is 17.9 Å². The summed E-state index contributed by atoms with van der Waals surface area (Å²) >= 11 is 1.39. The first-order valence-corrected chi connectivity index (χ1v) is 15.0. The van der Waals surface area contributed by atoms with Gasteiger partial charge in [0.15, 0.2) is 10.3 Å². The molecule has 0 saturated carbocycles. The molecule has 1 unspecified atom stereocenters. The molecule has 218 valence electrons. The summed E-state index contributed by atoms with van der Waals surface area (Å²) in [5, 5.41) is 7.34. The number of hydrogen-bond donors (Lipinski definition) is 3. The molecule has 3 rings (SSSR count). The third-order valence-electron chi connectivity index (χ3n) is 6.32. The summed E-state index contributed by atoms with van der Waals surface area (Å²) in [6, 6.07) is 3.18. The van der Waals surface area contributed by atoms with E-state index in [4.69, 9.17) is 0 Å². The average Bonchev–Trinajstić information content (AvgIpc) is 2.92. The summed E-state index contributed by atoms with van der Waals surface area (Å²) in [5.41, 5.74) is 0.319. The van der Waals surface area contributed by atoms with Gasteiger partial charge in [-0.25, -0.2) is 17.5 Å². The fourth-order valence-corrected chi connectivity index (χ4v) is 5.20. The van der Waals surface area contributed by atoms with Crippen LogP contribution >= 0.6 is 11.8 Å². The fraction of sp³-hybridized carbons (Fsp3) is 0.478. The van der Waals surface area contributed by atoms with Crippen molar-refractivity contribution in [2.45, 2.75) is 31.5 Å². The minimum atomic E-state index is -5.01. The maximum Gasteiger partial charge on any atom is 1.00 e. The predicted octanol–water partition coefficient (Wildman–Crippen LogP) is -4.84. The van der Waals surface area contributed by atoms with Gasteiger partial charge in [0, 0.05) is 19.6 Å². The van der Waals surface area contributed by atoms with E-state index in [-0.39, 0.29) is 53.4 Å². The topological polar surface area (TPSA) is 205 Å². The van der Waals surface area contributed by atoms with Crippen LogP contribution in [-0.2, 0) is 34.3 Å². The Hall–Kier alpha value is -2.70. The van der Waals surface area contributed by atoms with Crippen molar-refractivity contribution < 1.29 is 71.3 Å². The van der Waals surface area contributed by atoms with Crippen LogP contribution in [0.4, 0.5) is 4.79 Å². The molecule has 15 nitrogen and oxygen atoms in total. The molecular weight excluding hydrogens is 591 g/mol. The van der Waals surface area contributed by atoms with Gasteiger partial charge in [-0.05, 0) is 30.9 Å². The molecule has 0 bridgehead atoms. The second-order valence-corrected chi connectivity index (χ2v) is 11.1. The van der Waals surface area contributed by atoms with Crippen molar-refractivity contribution in [3.63, 3.8) is 0 Å². The Kier molecular flexibility index (Phi) is 12.6. The number of likely N-dealkylation sites (N-methyl/N-ethyl adjacent to an activating group) is 1. The molecule has 1 aromatic rings. The molecule has 0 spiro atoms. The van der Waals surface area contributed by atoms with Gasteiger partial charge in [0.25, 0.3) is 5.91 Å². The van der Waals surface area contributed by atoms with E-state index in [1.807, 2.05) is 0 Å². The Bertz CT molecular complexity index is 1280. The third kappa shape index (κ3) is 8.42. The number of hydrogen-bond acceptors (Lipinski definition) is 10. The maximum absolute atomic E-state index is 13.3. The van der Waals surface area contributed by atoms with Gasteiger partial charge in [-0.1, -0.05) is 30.3 Å². The molecule has 3 atom stereocenters. The Morgan fingerprint density at radius 3 is 2.27 bits per heavy atom. The first kappa shape index (κ1) is 34.5. The van der Waals surface area contributed by atoms with E-state index in [1.54, 1.807) is 31.4 Å². The number of nitrogens with zero attached hydrogens (tertiary/aromatic N) is 3. The Morgan fingerprint density at radius 1 is 1.05 bits per heavy atom. The van der Waals surface area contributed by atoms with E-state index in [0.717, 1.165) is 4.90 Å². The summed E-state index contributed by atoms with van der Waals surface area (Å²) in [7, 11) is -5.01. The zero-order valence-corrected chi connectivity index (χ0v) is 26.3. The van der Waals surface area contributed by atoms with Gasteiger partial charge in [0.2, 0.25) is 11.8 Å². The average molecular weight is 621 g/mol. The molecule has 1 aromatic carbocycles. The number of β-lactam (4-membered cyclic amide) rings is 1. The van der Waals surface area contributed by atoms with Crippen molar-refractivity contribution in [3.8, 4) is 0 Å². The second-order valence-electron chi connectivity index (χ2n) is 8.87. The normalized spacial score (nSPS) is 18.6. The Balaban J connectivity index is 0.00000588. The zero-order valence-electron chi connectivity index (χ0n) is 22.7. The van der Waals surface area contributed by atoms with E-state index in [9.17, 15) is 41.7 Å². The molecule has 2 fully saturated rings. The number of rotatable bonds is 11. The van der Waals surface area contributed by atoms with Crippen LogP contribution in [0.1, 0.15) is 24.9 Å². The Labute approximate surface area is 263 Å². The molecule has 2 saturated heterocycles. The monoisotopic (exact) mass is 620 g/mol. The molecule has 0 aromatic heterocycles. The molecule has 2 heterocycles. The summed E-state index contributed by atoms with van der Waals surface area (Å²) in [4.78, 5) is 78.1. The largest absolute Gasteiger partial charge is 1.00 e. The number of imide groups is 1. The van der Waals surface area contributed by atoms with Crippen molar-refractivity contribution in [1.29, 1.82) is 0 Å². The molecule has 0 radical (unpaired) electrons. The number of carbonyl (C=O) groups is 6. The number of piperazine rings is 1. The van der Waals surface area contributed by atoms with E-state index in [1.165, 1.54) is 28.8 Å². The van der Waals surface area contributed by atoms with Gasteiger partial charge in [-0.2, -0.15) is 11.8 Å². The number of carbonyl (C=O) groups excluding carboxylic acids is 6. The molecule has 2 aliphatic rings. The van der Waals surface area contributed by atoms with E-state index < -0.39 is 70.5 Å². The first-order chi connectivity index (χ1) is 18.9. The van der Waals surface area contributed by atoms with Crippen LogP contribution in [0, 0.1) is 0 Å². The molecule has 0 aliphatic carbocycles. The first-order valence-electron chi connectivity index (χ1n) is 12.2. The van der Waals surface area contributed by atoms with Crippen LogP contribution in [0.15, 0.2) is 30.3 Å². The SMILES string of the molecule is CCN1CCN(C(=O)N[C@H](CCSC)C(=O)N[C@@H](C(=O)NC2CN(S(=O)(=O)[O-])C2=O)c2ccccc2)C(=O)C1=O.[Na+]. The fourth-order valence-electron chi connectivity index (χ4n) is 4.05. The van der Waals surface area contributed by atoms with Gasteiger partial charge in [0.05, 0.1) is 6.54 Å². The van der Waals surface area contributed by atoms with Crippen LogP contribution in [0.5, 0.6) is 0 Å². The number of nitrogens with one attached hydrogen (secondary N) is 3. The van der Waals surface area contributed by atoms with Gasteiger partial charge in [-0.3, -0.25) is 28.9 Å². The predicted molar refractivity (Wildman–Crippen MR) is 140 cm³/mol. The standard InChI is InChI=1S/C23H30N6O9S2.Na/c1-3-27-10-11-28(22(34)21(27)33)23(35)25-15(9-12-39-2)18(30)26-17(14-7-5-4-6-8-14)19(31)24-16-13-29(20(16)32)40(36,37)38;/h4-8,15-17H,3,9-13H2,1-2H3,(H,24,31)(H,25,35)(H,26,30)(H,36,37,38);/q;+1/p-1/t15-,16?,17-;/m1./s1. The van der Waals surface area contributed by atoms with E-state index in [2.05, 4.69) is 16.0 Å². The molecule has 18 heteroatoms. The van der Waals surface area contributed by atoms with Gasteiger partial charge in [0.1, 0.15) is 18.1 Å². The quantitative estimate of drug-likeness (QED) is 0.0931. The van der Waals surface area contributed by atoms with Crippen LogP contribution < -0.4 is 45.5 Å². The zero-order chi connectivity index (χ0) is 29.6. The van der Waals surface area contributed by atoms with Gasteiger partial charge >= 0.3 is 47.4 Å². The van der Waals surface area contributed by atoms with Gasteiger partial charge in [-0.15, -0.1) is 0 Å². The number of thioether (sulfide) groups is 1. The maximum atomic E-state index is 13.3. The van der Waals surface area contributed by atoms with Crippen LogP contribution in [-0.4, -0.2) is 113 Å². The number of amides is 7. The van der Waals surface area contributed by atoms with Crippen molar-refractivity contribution in [1.82, 2.24) is 30.1 Å². The van der Waals surface area contributed by atoms with Crippen molar-refractivity contribution in [2.24, 2.45) is 0 Å². The summed E-state index contributed by atoms with van der Waals surface area (Å²) in [6.07, 6.45) is 1.90. The van der Waals surface area contributed by atoms with Crippen molar-refractivity contribution in [2.75, 3.05) is 38.2 Å². The van der Waals surface area contributed by atoms with E-state index >= 15 is 0 Å². The Morgan fingerprint density at radius 2 is 1.71 bits per heavy atom. The van der Waals surface area contributed by atoms with Crippen molar-refractivity contribution in [3.05, 3.63) is 35.9 Å². The molecule has 2 aliphatic heterocycles. The minimum Gasteiger partial charge on any atom is -0.731 e. The van der Waals surface area contributed by atoms with Crippen molar-refractivity contribution >= 4 is 57.6 Å². The smallest absolute Gasteiger partial charge is 0.731 e. The molecule has 41 heavy (non-hydrogen) atoms.